The molecule has 1 fully saturated rings. The number of hydrogen-bond acceptors (Lipinski definition) is 3. The van der Waals surface area contributed by atoms with Crippen molar-refractivity contribution in [3.8, 4) is 0 Å². The van der Waals surface area contributed by atoms with Crippen LogP contribution in [0.15, 0.2) is 41.7 Å². The van der Waals surface area contributed by atoms with Crippen molar-refractivity contribution in [2.75, 3.05) is 0 Å². The second-order valence-corrected chi connectivity index (χ2v) is 5.06. The van der Waals surface area contributed by atoms with E-state index in [0.717, 1.165) is 0 Å². The monoisotopic (exact) mass is 245 g/mol. The third kappa shape index (κ3) is 2.20. The van der Waals surface area contributed by atoms with Crippen LogP contribution in [-0.2, 0) is 0 Å². The van der Waals surface area contributed by atoms with E-state index in [1.165, 1.54) is 24.8 Å². The van der Waals surface area contributed by atoms with Crippen LogP contribution in [0.4, 0.5) is 0 Å². The van der Waals surface area contributed by atoms with Gasteiger partial charge in [0.25, 0.3) is 0 Å². The normalized spacial score (nSPS) is 25.4. The Bertz CT molecular complexity index is 463. The molecule has 18 heavy (non-hydrogen) atoms. The summed E-state index contributed by atoms with van der Waals surface area (Å²) in [6.07, 6.45) is 13.1. The third-order valence-electron chi connectivity index (χ3n) is 3.89. The summed E-state index contributed by atoms with van der Waals surface area (Å²) in [6, 6.07) is 3.41. The van der Waals surface area contributed by atoms with E-state index in [1.54, 1.807) is 6.26 Å². The minimum Gasteiger partial charge on any atom is -0.472 e. The Labute approximate surface area is 107 Å². The molecule has 0 aliphatic heterocycles. The fraction of sp³-hybridized carbons (Fsp3) is 0.500. The molecule has 96 valence electrons. The van der Waals surface area contributed by atoms with Gasteiger partial charge >= 0.3 is 0 Å². The lowest BCUT2D eigenvalue weighted by Crippen LogP contribution is -2.35. The molecule has 4 heteroatoms. The number of rotatable bonds is 4. The lowest BCUT2D eigenvalue weighted by atomic mass is 10.1. The lowest BCUT2D eigenvalue weighted by molar-refractivity contribution is 0.361. The van der Waals surface area contributed by atoms with E-state index < -0.39 is 0 Å². The molecule has 1 saturated carbocycles. The van der Waals surface area contributed by atoms with E-state index in [1.807, 2.05) is 24.9 Å². The minimum absolute atomic E-state index is 0.331. The highest BCUT2D eigenvalue weighted by atomic mass is 16.3. The van der Waals surface area contributed by atoms with Crippen LogP contribution in [0, 0.1) is 0 Å². The van der Waals surface area contributed by atoms with Gasteiger partial charge in [0.2, 0.25) is 0 Å². The second-order valence-electron chi connectivity index (χ2n) is 5.06. The topological polar surface area (TPSA) is 43.0 Å². The predicted octanol–water partition coefficient (Wildman–Crippen LogP) is 2.92. The Kier molecular flexibility index (Phi) is 3.19. The molecular formula is C14H19N3O. The molecule has 1 aliphatic rings. The standard InChI is InChI=1S/C14H19N3O/c1-11(12-5-8-18-9-12)16-13-3-2-4-14(13)17-7-6-15-10-17/h5-11,13-14,16H,2-4H2,1H3. The molecule has 2 aromatic heterocycles. The van der Waals surface area contributed by atoms with Gasteiger partial charge in [-0.05, 0) is 32.3 Å². The molecule has 3 rings (SSSR count). The van der Waals surface area contributed by atoms with Crippen molar-refractivity contribution < 1.29 is 4.42 Å². The molecule has 2 heterocycles. The van der Waals surface area contributed by atoms with Gasteiger partial charge in [0.05, 0.1) is 18.9 Å². The minimum atomic E-state index is 0.331. The van der Waals surface area contributed by atoms with Crippen molar-refractivity contribution in [3.05, 3.63) is 42.9 Å². The molecule has 1 aliphatic carbocycles. The van der Waals surface area contributed by atoms with Crippen LogP contribution in [0.25, 0.3) is 0 Å². The van der Waals surface area contributed by atoms with Gasteiger partial charge < -0.3 is 14.3 Å². The van der Waals surface area contributed by atoms with Gasteiger partial charge in [-0.3, -0.25) is 0 Å². The molecule has 3 unspecified atom stereocenters. The molecule has 1 N–H and O–H groups in total. The highest BCUT2D eigenvalue weighted by Gasteiger charge is 2.29. The Morgan fingerprint density at radius 3 is 3.17 bits per heavy atom. The summed E-state index contributed by atoms with van der Waals surface area (Å²) >= 11 is 0. The average molecular weight is 245 g/mol. The summed E-state index contributed by atoms with van der Waals surface area (Å²) < 4.78 is 7.37. The third-order valence-corrected chi connectivity index (χ3v) is 3.89. The van der Waals surface area contributed by atoms with E-state index in [-0.39, 0.29) is 0 Å². The number of nitrogens with one attached hydrogen (secondary N) is 1. The lowest BCUT2D eigenvalue weighted by Gasteiger charge is -2.25. The first kappa shape index (κ1) is 11.5. The molecular weight excluding hydrogens is 226 g/mol. The Hall–Kier alpha value is -1.55. The smallest absolute Gasteiger partial charge is 0.0950 e. The average Bonchev–Trinajstić information content (AvgIpc) is 3.11. The maximum absolute atomic E-state index is 5.14. The molecule has 0 amide bonds. The van der Waals surface area contributed by atoms with Gasteiger partial charge in [0, 0.05) is 36.1 Å². The largest absolute Gasteiger partial charge is 0.472 e. The summed E-state index contributed by atoms with van der Waals surface area (Å²) in [6.45, 7) is 2.19. The van der Waals surface area contributed by atoms with Crippen LogP contribution < -0.4 is 5.32 Å². The summed E-state index contributed by atoms with van der Waals surface area (Å²) in [5.41, 5.74) is 1.21. The van der Waals surface area contributed by atoms with Crippen LogP contribution in [-0.4, -0.2) is 15.6 Å². The van der Waals surface area contributed by atoms with Crippen LogP contribution in [0.2, 0.25) is 0 Å². The first-order valence-electron chi connectivity index (χ1n) is 6.60. The first-order chi connectivity index (χ1) is 8.84. The van der Waals surface area contributed by atoms with Gasteiger partial charge in [-0.1, -0.05) is 0 Å². The number of nitrogens with zero attached hydrogens (tertiary/aromatic N) is 2. The SMILES string of the molecule is CC(NC1CCCC1n1ccnc1)c1ccoc1. The Balaban J connectivity index is 1.68. The number of imidazole rings is 1. The van der Waals surface area contributed by atoms with Crippen LogP contribution in [0.5, 0.6) is 0 Å². The van der Waals surface area contributed by atoms with E-state index >= 15 is 0 Å². The maximum Gasteiger partial charge on any atom is 0.0950 e. The summed E-state index contributed by atoms with van der Waals surface area (Å²) in [7, 11) is 0. The van der Waals surface area contributed by atoms with Crippen LogP contribution >= 0.6 is 0 Å². The summed E-state index contributed by atoms with van der Waals surface area (Å²) in [5.74, 6) is 0. The predicted molar refractivity (Wildman–Crippen MR) is 69.2 cm³/mol. The van der Waals surface area contributed by atoms with Gasteiger partial charge in [0.15, 0.2) is 0 Å². The highest BCUT2D eigenvalue weighted by Crippen LogP contribution is 2.31. The van der Waals surface area contributed by atoms with E-state index in [9.17, 15) is 0 Å². The molecule has 3 atom stereocenters. The zero-order valence-corrected chi connectivity index (χ0v) is 10.6. The van der Waals surface area contributed by atoms with Crippen molar-refractivity contribution in [2.45, 2.75) is 44.3 Å². The molecule has 0 spiro atoms. The first-order valence-corrected chi connectivity index (χ1v) is 6.60. The van der Waals surface area contributed by atoms with Crippen molar-refractivity contribution in [2.24, 2.45) is 0 Å². The molecule has 4 nitrogen and oxygen atoms in total. The summed E-state index contributed by atoms with van der Waals surface area (Å²) in [5, 5.41) is 3.71. The van der Waals surface area contributed by atoms with Crippen molar-refractivity contribution in [3.63, 3.8) is 0 Å². The summed E-state index contributed by atoms with van der Waals surface area (Å²) in [4.78, 5) is 4.15. The van der Waals surface area contributed by atoms with Crippen LogP contribution in [0.1, 0.15) is 43.8 Å². The highest BCUT2D eigenvalue weighted by molar-refractivity contribution is 5.11. The van der Waals surface area contributed by atoms with Gasteiger partial charge in [-0.2, -0.15) is 0 Å². The van der Waals surface area contributed by atoms with Gasteiger partial charge in [-0.15, -0.1) is 0 Å². The number of aromatic nitrogens is 2. The maximum atomic E-state index is 5.14. The Morgan fingerprint density at radius 2 is 2.44 bits per heavy atom. The molecule has 0 aromatic carbocycles. The van der Waals surface area contributed by atoms with Crippen molar-refractivity contribution in [1.29, 1.82) is 0 Å². The Morgan fingerprint density at radius 1 is 1.50 bits per heavy atom. The molecule has 0 saturated heterocycles. The van der Waals surface area contributed by atoms with Crippen LogP contribution in [0.3, 0.4) is 0 Å². The number of hydrogen-bond donors (Lipinski definition) is 1. The molecule has 0 bridgehead atoms. The zero-order chi connectivity index (χ0) is 12.4. The van der Waals surface area contributed by atoms with Crippen molar-refractivity contribution in [1.82, 2.24) is 14.9 Å². The molecule has 0 radical (unpaired) electrons. The number of furan rings is 1. The van der Waals surface area contributed by atoms with Gasteiger partial charge in [-0.25, -0.2) is 4.98 Å². The quantitative estimate of drug-likeness (QED) is 0.900. The van der Waals surface area contributed by atoms with E-state index in [0.29, 0.717) is 18.1 Å². The van der Waals surface area contributed by atoms with Crippen molar-refractivity contribution >= 4 is 0 Å². The second kappa shape index (κ2) is 4.98. The molecule has 2 aromatic rings. The van der Waals surface area contributed by atoms with Gasteiger partial charge in [0.1, 0.15) is 0 Å². The van der Waals surface area contributed by atoms with E-state index in [4.69, 9.17) is 4.42 Å². The fourth-order valence-corrected chi connectivity index (χ4v) is 2.90. The fourth-order valence-electron chi connectivity index (χ4n) is 2.90. The zero-order valence-electron chi connectivity index (χ0n) is 10.6. The van der Waals surface area contributed by atoms with E-state index in [2.05, 4.69) is 28.0 Å².